The molecule has 0 aliphatic rings. The smallest absolute Gasteiger partial charge is 0.145 e. The molecule has 4 heteroatoms. The average molecular weight is 281 g/mol. The summed E-state index contributed by atoms with van der Waals surface area (Å²) in [6.07, 6.45) is 1.53. The van der Waals surface area contributed by atoms with E-state index in [0.717, 1.165) is 10.8 Å². The molecule has 3 rings (SSSR count). The van der Waals surface area contributed by atoms with Gasteiger partial charge in [0.15, 0.2) is 0 Å². The molecule has 0 fully saturated rings. The summed E-state index contributed by atoms with van der Waals surface area (Å²) in [4.78, 5) is 3.98. The van der Waals surface area contributed by atoms with Crippen LogP contribution in [0, 0.1) is 11.3 Å². The van der Waals surface area contributed by atoms with Gasteiger partial charge in [0.05, 0.1) is 6.20 Å². The Morgan fingerprint density at radius 1 is 1.00 bits per heavy atom. The zero-order valence-corrected chi connectivity index (χ0v) is 11.1. The summed E-state index contributed by atoms with van der Waals surface area (Å²) >= 11 is 6.17. The van der Waals surface area contributed by atoms with Crippen molar-refractivity contribution >= 4 is 22.4 Å². The van der Waals surface area contributed by atoms with Crippen molar-refractivity contribution in [2.45, 2.75) is 0 Å². The van der Waals surface area contributed by atoms with E-state index >= 15 is 0 Å². The van der Waals surface area contributed by atoms with Crippen molar-refractivity contribution in [3.8, 4) is 17.6 Å². The number of aromatic nitrogens is 1. The van der Waals surface area contributed by atoms with Gasteiger partial charge in [0, 0.05) is 15.8 Å². The minimum atomic E-state index is 0.360. The summed E-state index contributed by atoms with van der Waals surface area (Å²) in [5.41, 5.74) is 0.360. The molecule has 0 N–H and O–H groups in total. The standard InChI is InChI=1S/C16H9ClN2O/c17-15-7-8-16(14-4-2-1-3-13(14)15)20-12-6-5-11(9-18)19-10-12/h1-8,10H. The van der Waals surface area contributed by atoms with Crippen LogP contribution in [-0.4, -0.2) is 4.98 Å². The molecule has 0 aliphatic carbocycles. The Balaban J connectivity index is 2.02. The topological polar surface area (TPSA) is 45.9 Å². The maximum absolute atomic E-state index is 8.72. The summed E-state index contributed by atoms with van der Waals surface area (Å²) in [5, 5.41) is 11.3. The van der Waals surface area contributed by atoms with Crippen LogP contribution in [0.2, 0.25) is 5.02 Å². The van der Waals surface area contributed by atoms with Gasteiger partial charge >= 0.3 is 0 Å². The fourth-order valence-electron chi connectivity index (χ4n) is 1.96. The van der Waals surface area contributed by atoms with Gasteiger partial charge in [0.2, 0.25) is 0 Å². The van der Waals surface area contributed by atoms with Crippen molar-refractivity contribution in [1.82, 2.24) is 4.98 Å². The maximum Gasteiger partial charge on any atom is 0.145 e. The SMILES string of the molecule is N#Cc1ccc(Oc2ccc(Cl)c3ccccc23)cn1. The second-order valence-corrected chi connectivity index (χ2v) is 4.59. The molecule has 20 heavy (non-hydrogen) atoms. The van der Waals surface area contributed by atoms with Gasteiger partial charge < -0.3 is 4.74 Å². The minimum absolute atomic E-state index is 0.360. The van der Waals surface area contributed by atoms with Crippen LogP contribution in [0.1, 0.15) is 5.69 Å². The lowest BCUT2D eigenvalue weighted by Gasteiger charge is -2.09. The highest BCUT2D eigenvalue weighted by atomic mass is 35.5. The van der Waals surface area contributed by atoms with Crippen LogP contribution in [0.3, 0.4) is 0 Å². The molecule has 1 aromatic heterocycles. The highest BCUT2D eigenvalue weighted by Gasteiger charge is 2.06. The first-order chi connectivity index (χ1) is 9.78. The second kappa shape index (κ2) is 5.20. The quantitative estimate of drug-likeness (QED) is 0.691. The fraction of sp³-hybridized carbons (Fsp3) is 0. The molecule has 0 amide bonds. The lowest BCUT2D eigenvalue weighted by Crippen LogP contribution is -1.88. The molecule has 3 aromatic rings. The molecule has 0 unspecified atom stereocenters. The van der Waals surface area contributed by atoms with E-state index in [2.05, 4.69) is 4.98 Å². The molecule has 0 spiro atoms. The Labute approximate surface area is 121 Å². The summed E-state index contributed by atoms with van der Waals surface area (Å²) in [6.45, 7) is 0. The Hall–Kier alpha value is -2.57. The molecule has 0 saturated heterocycles. The zero-order valence-electron chi connectivity index (χ0n) is 10.4. The minimum Gasteiger partial charge on any atom is -0.455 e. The second-order valence-electron chi connectivity index (χ2n) is 4.18. The van der Waals surface area contributed by atoms with Crippen molar-refractivity contribution in [2.24, 2.45) is 0 Å². The lowest BCUT2D eigenvalue weighted by molar-refractivity contribution is 0.486. The summed E-state index contributed by atoms with van der Waals surface area (Å²) < 4.78 is 5.82. The van der Waals surface area contributed by atoms with E-state index in [1.807, 2.05) is 36.4 Å². The Kier molecular flexibility index (Phi) is 3.24. The van der Waals surface area contributed by atoms with E-state index in [-0.39, 0.29) is 0 Å². The van der Waals surface area contributed by atoms with Gasteiger partial charge in [-0.25, -0.2) is 4.98 Å². The van der Waals surface area contributed by atoms with Crippen LogP contribution in [0.25, 0.3) is 10.8 Å². The molecule has 2 aromatic carbocycles. The number of fused-ring (bicyclic) bond motifs is 1. The van der Waals surface area contributed by atoms with E-state index < -0.39 is 0 Å². The molecular formula is C16H9ClN2O. The number of nitriles is 1. The zero-order chi connectivity index (χ0) is 13.9. The van der Waals surface area contributed by atoms with Crippen LogP contribution in [0.5, 0.6) is 11.5 Å². The predicted molar refractivity (Wildman–Crippen MR) is 78.0 cm³/mol. The monoisotopic (exact) mass is 280 g/mol. The van der Waals surface area contributed by atoms with Crippen molar-refractivity contribution in [2.75, 3.05) is 0 Å². The van der Waals surface area contributed by atoms with Crippen molar-refractivity contribution in [1.29, 1.82) is 5.26 Å². The molecule has 0 saturated carbocycles. The normalized spacial score (nSPS) is 10.2. The third-order valence-electron chi connectivity index (χ3n) is 2.91. The molecule has 0 aliphatic heterocycles. The van der Waals surface area contributed by atoms with Gasteiger partial charge in [0.1, 0.15) is 23.3 Å². The summed E-state index contributed by atoms with van der Waals surface area (Å²) in [6, 6.07) is 16.7. The van der Waals surface area contributed by atoms with Gasteiger partial charge in [-0.1, -0.05) is 35.9 Å². The number of halogens is 1. The first-order valence-corrected chi connectivity index (χ1v) is 6.37. The van der Waals surface area contributed by atoms with Gasteiger partial charge in [-0.2, -0.15) is 5.26 Å². The molecule has 3 nitrogen and oxygen atoms in total. The Morgan fingerprint density at radius 2 is 1.80 bits per heavy atom. The Morgan fingerprint density at radius 3 is 2.50 bits per heavy atom. The van der Waals surface area contributed by atoms with E-state index in [1.165, 1.54) is 6.20 Å². The van der Waals surface area contributed by atoms with Gasteiger partial charge in [-0.15, -0.1) is 0 Å². The van der Waals surface area contributed by atoms with Crippen LogP contribution >= 0.6 is 11.6 Å². The average Bonchev–Trinajstić information content (AvgIpc) is 2.51. The first kappa shape index (κ1) is 12.5. The van der Waals surface area contributed by atoms with E-state index in [4.69, 9.17) is 21.6 Å². The molecule has 0 radical (unpaired) electrons. The molecule has 0 bridgehead atoms. The third-order valence-corrected chi connectivity index (χ3v) is 3.24. The molecule has 1 heterocycles. The van der Waals surface area contributed by atoms with Crippen LogP contribution in [-0.2, 0) is 0 Å². The highest BCUT2D eigenvalue weighted by Crippen LogP contribution is 2.33. The number of hydrogen-bond donors (Lipinski definition) is 0. The van der Waals surface area contributed by atoms with E-state index in [9.17, 15) is 0 Å². The number of pyridine rings is 1. The highest BCUT2D eigenvalue weighted by molar-refractivity contribution is 6.35. The number of hydrogen-bond acceptors (Lipinski definition) is 3. The summed E-state index contributed by atoms with van der Waals surface area (Å²) in [5.74, 6) is 1.29. The first-order valence-electron chi connectivity index (χ1n) is 5.99. The predicted octanol–water partition coefficient (Wildman–Crippen LogP) is 4.55. The van der Waals surface area contributed by atoms with Crippen molar-refractivity contribution in [3.05, 3.63) is 65.4 Å². The van der Waals surface area contributed by atoms with Gasteiger partial charge in [-0.05, 0) is 24.3 Å². The fourth-order valence-corrected chi connectivity index (χ4v) is 2.19. The van der Waals surface area contributed by atoms with Crippen molar-refractivity contribution in [3.63, 3.8) is 0 Å². The van der Waals surface area contributed by atoms with E-state index in [1.54, 1.807) is 18.2 Å². The van der Waals surface area contributed by atoms with Crippen molar-refractivity contribution < 1.29 is 4.74 Å². The van der Waals surface area contributed by atoms with Crippen LogP contribution in [0.4, 0.5) is 0 Å². The lowest BCUT2D eigenvalue weighted by atomic mass is 10.1. The number of rotatable bonds is 2. The van der Waals surface area contributed by atoms with Gasteiger partial charge in [0.25, 0.3) is 0 Å². The van der Waals surface area contributed by atoms with E-state index in [0.29, 0.717) is 22.2 Å². The number of nitrogens with zero attached hydrogens (tertiary/aromatic N) is 2. The largest absolute Gasteiger partial charge is 0.455 e. The molecular weight excluding hydrogens is 272 g/mol. The summed E-state index contributed by atoms with van der Waals surface area (Å²) in [7, 11) is 0. The van der Waals surface area contributed by atoms with Gasteiger partial charge in [-0.3, -0.25) is 0 Å². The van der Waals surface area contributed by atoms with Crippen LogP contribution < -0.4 is 4.74 Å². The third kappa shape index (κ3) is 2.29. The Bertz CT molecular complexity index is 807. The maximum atomic E-state index is 8.72. The van der Waals surface area contributed by atoms with Crippen LogP contribution in [0.15, 0.2) is 54.7 Å². The molecule has 96 valence electrons. The number of benzene rings is 2. The molecule has 0 atom stereocenters. The number of ether oxygens (including phenoxy) is 1.